The van der Waals surface area contributed by atoms with Gasteiger partial charge in [-0.25, -0.2) is 0 Å². The molecule has 4 aromatic rings. The molecule has 1 atom stereocenters. The van der Waals surface area contributed by atoms with Crippen LogP contribution in [0.1, 0.15) is 37.4 Å². The zero-order valence-electron chi connectivity index (χ0n) is 18.2. The molecule has 0 aliphatic carbocycles. The maximum Gasteiger partial charge on any atom is 0.311 e. The molecule has 0 aromatic heterocycles. The first-order chi connectivity index (χ1) is 15.5. The lowest BCUT2D eigenvalue weighted by Crippen LogP contribution is -2.28. The minimum atomic E-state index is -0.824. The number of carbonyl (C=O) groups is 1. The summed E-state index contributed by atoms with van der Waals surface area (Å²) in [5.41, 5.74) is 10.1. The van der Waals surface area contributed by atoms with Crippen molar-refractivity contribution in [1.29, 1.82) is 0 Å². The Morgan fingerprint density at radius 1 is 0.938 bits per heavy atom. The van der Waals surface area contributed by atoms with Crippen LogP contribution >= 0.6 is 0 Å². The van der Waals surface area contributed by atoms with Crippen LogP contribution in [0.4, 0.5) is 0 Å². The molecule has 160 valence electrons. The average molecular weight is 424 g/mol. The molecule has 0 spiro atoms. The molecule has 0 aliphatic heterocycles. The van der Waals surface area contributed by atoms with Crippen LogP contribution in [-0.4, -0.2) is 5.97 Å². The third-order valence-corrected chi connectivity index (χ3v) is 5.86. The van der Waals surface area contributed by atoms with Crippen LogP contribution in [0.15, 0.2) is 90.0 Å². The van der Waals surface area contributed by atoms with E-state index in [2.05, 4.69) is 40.4 Å². The zero-order valence-corrected chi connectivity index (χ0v) is 18.2. The molecule has 1 unspecified atom stereocenters. The van der Waals surface area contributed by atoms with E-state index in [9.17, 15) is 4.79 Å². The van der Waals surface area contributed by atoms with Gasteiger partial charge in [0.05, 0.1) is 11.5 Å². The standard InChI is InChI=1S/C27H25N3O2/c1-27(2,17-25(29-30-28)19-10-4-3-5-11-19)26(31)32-18-24-22-14-8-6-12-20(22)16-21-13-7-9-15-23(21)24/h3-16,25H,17-18H2,1-2H3. The summed E-state index contributed by atoms with van der Waals surface area (Å²) >= 11 is 0. The minimum Gasteiger partial charge on any atom is -0.460 e. The van der Waals surface area contributed by atoms with Crippen molar-refractivity contribution in [1.82, 2.24) is 0 Å². The molecule has 0 saturated heterocycles. The molecule has 0 amide bonds. The van der Waals surface area contributed by atoms with Gasteiger partial charge in [-0.05, 0) is 59.0 Å². The van der Waals surface area contributed by atoms with Crippen molar-refractivity contribution < 1.29 is 9.53 Å². The van der Waals surface area contributed by atoms with Gasteiger partial charge in [0.1, 0.15) is 6.61 Å². The highest BCUT2D eigenvalue weighted by Crippen LogP contribution is 2.35. The molecule has 0 saturated carbocycles. The lowest BCUT2D eigenvalue weighted by Gasteiger charge is -2.26. The van der Waals surface area contributed by atoms with Crippen LogP contribution in [0.5, 0.6) is 0 Å². The Labute approximate surface area is 187 Å². The van der Waals surface area contributed by atoms with Crippen LogP contribution < -0.4 is 0 Å². The van der Waals surface area contributed by atoms with E-state index in [1.807, 2.05) is 68.4 Å². The van der Waals surface area contributed by atoms with Crippen molar-refractivity contribution in [3.05, 3.63) is 106 Å². The predicted octanol–water partition coefficient (Wildman–Crippen LogP) is 7.50. The fourth-order valence-electron chi connectivity index (χ4n) is 4.13. The Morgan fingerprint density at radius 3 is 2.09 bits per heavy atom. The summed E-state index contributed by atoms with van der Waals surface area (Å²) in [6.07, 6.45) is 0.357. The SMILES string of the molecule is CC(C)(CC(N=[N+]=[N-])c1ccccc1)C(=O)OCc1c2ccccc2cc2ccccc12. The Balaban J connectivity index is 1.59. The van der Waals surface area contributed by atoms with Crippen LogP contribution in [-0.2, 0) is 16.1 Å². The highest BCUT2D eigenvalue weighted by Gasteiger charge is 2.33. The number of hydrogen-bond acceptors (Lipinski definition) is 3. The average Bonchev–Trinajstić information content (AvgIpc) is 2.81. The summed E-state index contributed by atoms with van der Waals surface area (Å²) in [4.78, 5) is 16.1. The first-order valence-corrected chi connectivity index (χ1v) is 10.7. The fraction of sp³-hybridized carbons (Fsp3) is 0.222. The molecule has 0 radical (unpaired) electrons. The molecule has 4 rings (SSSR count). The third kappa shape index (κ3) is 4.43. The van der Waals surface area contributed by atoms with E-state index in [-0.39, 0.29) is 12.6 Å². The summed E-state index contributed by atoms with van der Waals surface area (Å²) in [6.45, 7) is 3.85. The van der Waals surface area contributed by atoms with Crippen molar-refractivity contribution in [3.63, 3.8) is 0 Å². The van der Waals surface area contributed by atoms with Crippen molar-refractivity contribution >= 4 is 27.5 Å². The van der Waals surface area contributed by atoms with E-state index in [1.165, 1.54) is 0 Å². The second kappa shape index (κ2) is 9.13. The maximum absolute atomic E-state index is 13.1. The molecule has 0 N–H and O–H groups in total. The second-order valence-electron chi connectivity index (χ2n) is 8.59. The van der Waals surface area contributed by atoms with E-state index in [0.29, 0.717) is 6.42 Å². The van der Waals surface area contributed by atoms with Crippen LogP contribution in [0, 0.1) is 5.41 Å². The Morgan fingerprint density at radius 2 is 1.50 bits per heavy atom. The molecule has 0 aliphatic rings. The van der Waals surface area contributed by atoms with Gasteiger partial charge in [-0.15, -0.1) is 0 Å². The summed E-state index contributed by atoms with van der Waals surface area (Å²) in [5.74, 6) is -0.316. The van der Waals surface area contributed by atoms with Crippen molar-refractivity contribution in [2.24, 2.45) is 10.5 Å². The fourth-order valence-corrected chi connectivity index (χ4v) is 4.13. The van der Waals surface area contributed by atoms with E-state index in [1.54, 1.807) is 0 Å². The third-order valence-electron chi connectivity index (χ3n) is 5.86. The Hall–Kier alpha value is -3.82. The van der Waals surface area contributed by atoms with Crippen molar-refractivity contribution in [2.45, 2.75) is 32.9 Å². The molecule has 0 heterocycles. The lowest BCUT2D eigenvalue weighted by atomic mass is 9.84. The largest absolute Gasteiger partial charge is 0.460 e. The highest BCUT2D eigenvalue weighted by molar-refractivity contribution is 6.02. The van der Waals surface area contributed by atoms with Gasteiger partial charge < -0.3 is 4.74 Å². The number of esters is 1. The first-order valence-electron chi connectivity index (χ1n) is 10.7. The summed E-state index contributed by atoms with van der Waals surface area (Å²) < 4.78 is 5.85. The molecule has 4 aromatic carbocycles. The molecular formula is C27H25N3O2. The first kappa shape index (κ1) is 21.4. The molecule has 5 heteroatoms. The number of nitrogens with zero attached hydrogens (tertiary/aromatic N) is 3. The van der Waals surface area contributed by atoms with Crippen molar-refractivity contribution in [3.8, 4) is 0 Å². The number of hydrogen-bond donors (Lipinski definition) is 0. The summed E-state index contributed by atoms with van der Waals surface area (Å²) in [6, 6.07) is 27.5. The lowest BCUT2D eigenvalue weighted by molar-refractivity contribution is -0.155. The number of carbonyl (C=O) groups excluding carboxylic acids is 1. The Kier molecular flexibility index (Phi) is 6.11. The van der Waals surface area contributed by atoms with Gasteiger partial charge in [0, 0.05) is 10.5 Å². The summed E-state index contributed by atoms with van der Waals surface area (Å²) in [7, 11) is 0. The van der Waals surface area contributed by atoms with Gasteiger partial charge >= 0.3 is 5.97 Å². The normalized spacial score (nSPS) is 12.3. The number of fused-ring (bicyclic) bond motifs is 2. The number of azide groups is 1. The van der Waals surface area contributed by atoms with Gasteiger partial charge in [0.25, 0.3) is 0 Å². The maximum atomic E-state index is 13.1. The smallest absolute Gasteiger partial charge is 0.311 e. The number of rotatable bonds is 7. The van der Waals surface area contributed by atoms with Gasteiger partial charge in [0.15, 0.2) is 0 Å². The van der Waals surface area contributed by atoms with E-state index in [0.717, 1.165) is 32.7 Å². The Bertz CT molecular complexity index is 1250. The van der Waals surface area contributed by atoms with E-state index in [4.69, 9.17) is 10.3 Å². The quantitative estimate of drug-likeness (QED) is 0.101. The molecule has 0 bridgehead atoms. The van der Waals surface area contributed by atoms with Gasteiger partial charge in [-0.1, -0.05) is 84.0 Å². The van der Waals surface area contributed by atoms with Gasteiger partial charge in [0.2, 0.25) is 0 Å². The monoisotopic (exact) mass is 423 g/mol. The van der Waals surface area contributed by atoms with Crippen LogP contribution in [0.2, 0.25) is 0 Å². The van der Waals surface area contributed by atoms with E-state index < -0.39 is 11.5 Å². The van der Waals surface area contributed by atoms with Crippen LogP contribution in [0.25, 0.3) is 32.0 Å². The zero-order chi connectivity index (χ0) is 22.6. The molecular weight excluding hydrogens is 398 g/mol. The minimum absolute atomic E-state index is 0.182. The molecule has 0 fully saturated rings. The van der Waals surface area contributed by atoms with Crippen molar-refractivity contribution in [2.75, 3.05) is 0 Å². The van der Waals surface area contributed by atoms with Gasteiger partial charge in [-0.3, -0.25) is 4.79 Å². The summed E-state index contributed by atoms with van der Waals surface area (Å²) in [5, 5.41) is 8.32. The second-order valence-corrected chi connectivity index (χ2v) is 8.59. The molecule has 32 heavy (non-hydrogen) atoms. The topological polar surface area (TPSA) is 75.1 Å². The van der Waals surface area contributed by atoms with Crippen LogP contribution in [0.3, 0.4) is 0 Å². The number of benzene rings is 4. The van der Waals surface area contributed by atoms with E-state index >= 15 is 0 Å². The van der Waals surface area contributed by atoms with Gasteiger partial charge in [-0.2, -0.15) is 0 Å². The predicted molar refractivity (Wildman–Crippen MR) is 128 cm³/mol. The highest BCUT2D eigenvalue weighted by atomic mass is 16.5. The molecule has 5 nitrogen and oxygen atoms in total. The number of ether oxygens (including phenoxy) is 1.